The van der Waals surface area contributed by atoms with Crippen molar-refractivity contribution in [2.24, 2.45) is 5.92 Å². The Morgan fingerprint density at radius 1 is 1.00 bits per heavy atom. The first kappa shape index (κ1) is 23.6. The zero-order chi connectivity index (χ0) is 23.3. The summed E-state index contributed by atoms with van der Waals surface area (Å²) < 4.78 is 37.2. The highest BCUT2D eigenvalue weighted by atomic mass is 32.2. The van der Waals surface area contributed by atoms with Gasteiger partial charge >= 0.3 is 11.9 Å². The molecule has 1 fully saturated rings. The summed E-state index contributed by atoms with van der Waals surface area (Å²) in [5.41, 5.74) is 1.45. The summed E-state index contributed by atoms with van der Waals surface area (Å²) in [5, 5.41) is 0. The van der Waals surface area contributed by atoms with Crippen LogP contribution >= 0.6 is 0 Å². The molecule has 170 valence electrons. The SMILES string of the molecule is COC(=O)c1ccccc1S(=O)(=O)N1CCC(C(=O)OCC(=O)c2ccc(C)cc2)CC1. The van der Waals surface area contributed by atoms with E-state index in [-0.39, 0.29) is 48.8 Å². The van der Waals surface area contributed by atoms with Gasteiger partial charge in [-0.2, -0.15) is 4.31 Å². The molecule has 0 saturated carbocycles. The van der Waals surface area contributed by atoms with E-state index in [0.717, 1.165) is 5.56 Å². The molecule has 1 saturated heterocycles. The maximum atomic E-state index is 13.1. The number of ketones is 1. The minimum absolute atomic E-state index is 0.0360. The number of aryl methyl sites for hydroxylation is 1. The van der Waals surface area contributed by atoms with Crippen molar-refractivity contribution in [3.63, 3.8) is 0 Å². The number of hydrogen-bond acceptors (Lipinski definition) is 7. The van der Waals surface area contributed by atoms with Crippen LogP contribution in [0.3, 0.4) is 0 Å². The molecule has 0 amide bonds. The smallest absolute Gasteiger partial charge is 0.339 e. The number of carbonyl (C=O) groups is 3. The minimum Gasteiger partial charge on any atom is -0.465 e. The first-order chi connectivity index (χ1) is 15.2. The van der Waals surface area contributed by atoms with Crippen molar-refractivity contribution < 1.29 is 32.3 Å². The van der Waals surface area contributed by atoms with Crippen LogP contribution in [0, 0.1) is 12.8 Å². The van der Waals surface area contributed by atoms with Crippen molar-refractivity contribution in [3.05, 3.63) is 65.2 Å². The third-order valence-electron chi connectivity index (χ3n) is 5.42. The summed E-state index contributed by atoms with van der Waals surface area (Å²) in [6.45, 7) is 1.76. The Kier molecular flexibility index (Phi) is 7.42. The van der Waals surface area contributed by atoms with Gasteiger partial charge in [-0.25, -0.2) is 13.2 Å². The minimum atomic E-state index is -3.94. The van der Waals surface area contributed by atoms with Crippen LogP contribution in [-0.4, -0.2) is 57.3 Å². The Hall–Kier alpha value is -3.04. The molecule has 0 N–H and O–H groups in total. The Bertz CT molecular complexity index is 1100. The number of esters is 2. The van der Waals surface area contributed by atoms with Crippen molar-refractivity contribution in [2.45, 2.75) is 24.7 Å². The van der Waals surface area contributed by atoms with Crippen LogP contribution < -0.4 is 0 Å². The molecule has 0 spiro atoms. The van der Waals surface area contributed by atoms with Gasteiger partial charge < -0.3 is 9.47 Å². The lowest BCUT2D eigenvalue weighted by Gasteiger charge is -2.30. The van der Waals surface area contributed by atoms with E-state index in [1.165, 1.54) is 29.6 Å². The molecule has 1 aliphatic rings. The quantitative estimate of drug-likeness (QED) is 0.463. The van der Waals surface area contributed by atoms with Gasteiger partial charge in [-0.1, -0.05) is 42.0 Å². The Balaban J connectivity index is 1.59. The fourth-order valence-electron chi connectivity index (χ4n) is 3.52. The number of rotatable bonds is 7. The van der Waals surface area contributed by atoms with Crippen molar-refractivity contribution in [3.8, 4) is 0 Å². The number of carbonyl (C=O) groups excluding carboxylic acids is 3. The lowest BCUT2D eigenvalue weighted by molar-refractivity contribution is -0.148. The number of piperidine rings is 1. The van der Waals surface area contributed by atoms with Gasteiger partial charge in [0.05, 0.1) is 23.5 Å². The molecule has 2 aromatic rings. The lowest BCUT2D eigenvalue weighted by atomic mass is 9.98. The summed E-state index contributed by atoms with van der Waals surface area (Å²) in [7, 11) is -2.75. The molecule has 0 aliphatic carbocycles. The average molecular weight is 460 g/mol. The van der Waals surface area contributed by atoms with Crippen LogP contribution in [0.1, 0.15) is 39.1 Å². The summed E-state index contributed by atoms with van der Waals surface area (Å²) in [6.07, 6.45) is 0.522. The highest BCUT2D eigenvalue weighted by Crippen LogP contribution is 2.27. The molecule has 0 radical (unpaired) electrons. The maximum absolute atomic E-state index is 13.1. The van der Waals surface area contributed by atoms with Crippen LogP contribution in [0.4, 0.5) is 0 Å². The van der Waals surface area contributed by atoms with Crippen LogP contribution in [-0.2, 0) is 24.3 Å². The van der Waals surface area contributed by atoms with Gasteiger partial charge in [0, 0.05) is 18.7 Å². The van der Waals surface area contributed by atoms with E-state index in [9.17, 15) is 22.8 Å². The molecule has 1 heterocycles. The van der Waals surface area contributed by atoms with Gasteiger partial charge in [-0.05, 0) is 31.9 Å². The predicted octanol–water partition coefficient (Wildman–Crippen LogP) is 2.61. The van der Waals surface area contributed by atoms with E-state index >= 15 is 0 Å². The number of nitrogens with zero attached hydrogens (tertiary/aromatic N) is 1. The van der Waals surface area contributed by atoms with Crippen molar-refractivity contribution in [1.82, 2.24) is 4.31 Å². The van der Waals surface area contributed by atoms with Gasteiger partial charge in [0.1, 0.15) is 0 Å². The summed E-state index contributed by atoms with van der Waals surface area (Å²) in [4.78, 5) is 36.4. The second-order valence-electron chi connectivity index (χ2n) is 7.56. The standard InChI is InChI=1S/C23H25NO7S/c1-16-7-9-17(10-8-16)20(25)15-31-22(26)18-11-13-24(14-12-18)32(28,29)21-6-4-3-5-19(21)23(27)30-2/h3-10,18H,11-15H2,1-2H3. The second kappa shape index (κ2) is 10.1. The Morgan fingerprint density at radius 3 is 2.25 bits per heavy atom. The lowest BCUT2D eigenvalue weighted by Crippen LogP contribution is -2.41. The molecular formula is C23H25NO7S. The number of hydrogen-bond donors (Lipinski definition) is 0. The van der Waals surface area contributed by atoms with Gasteiger partial charge in [-0.3, -0.25) is 9.59 Å². The molecule has 9 heteroatoms. The van der Waals surface area contributed by atoms with E-state index < -0.39 is 27.9 Å². The van der Waals surface area contributed by atoms with Crippen LogP contribution in [0.15, 0.2) is 53.4 Å². The molecule has 0 aromatic heterocycles. The summed E-state index contributed by atoms with van der Waals surface area (Å²) in [6, 6.07) is 12.8. The molecule has 3 rings (SSSR count). The second-order valence-corrected chi connectivity index (χ2v) is 9.47. The average Bonchev–Trinajstić information content (AvgIpc) is 2.82. The first-order valence-corrected chi connectivity index (χ1v) is 11.6. The monoisotopic (exact) mass is 459 g/mol. The van der Waals surface area contributed by atoms with Crippen LogP contribution in [0.5, 0.6) is 0 Å². The number of ether oxygens (including phenoxy) is 2. The van der Waals surface area contributed by atoms with E-state index in [4.69, 9.17) is 4.74 Å². The van der Waals surface area contributed by atoms with Crippen LogP contribution in [0.2, 0.25) is 0 Å². The maximum Gasteiger partial charge on any atom is 0.339 e. The van der Waals surface area contributed by atoms with Gasteiger partial charge in [0.2, 0.25) is 10.0 Å². The molecule has 2 aromatic carbocycles. The summed E-state index contributed by atoms with van der Waals surface area (Å²) in [5.74, 6) is -2.04. The normalized spacial score (nSPS) is 15.2. The zero-order valence-corrected chi connectivity index (χ0v) is 18.8. The third-order valence-corrected chi connectivity index (χ3v) is 7.37. The van der Waals surface area contributed by atoms with Crippen molar-refractivity contribution >= 4 is 27.7 Å². The fourth-order valence-corrected chi connectivity index (χ4v) is 5.17. The fraction of sp³-hybridized carbons (Fsp3) is 0.348. The number of Topliss-reactive ketones (excluding diaryl/α,β-unsaturated/α-hetero) is 1. The Labute approximate surface area is 187 Å². The first-order valence-electron chi connectivity index (χ1n) is 10.2. The van der Waals surface area contributed by atoms with E-state index in [2.05, 4.69) is 4.74 Å². The molecule has 0 unspecified atom stereocenters. The third kappa shape index (κ3) is 5.23. The molecular weight excluding hydrogens is 434 g/mol. The van der Waals surface area contributed by atoms with Crippen molar-refractivity contribution in [2.75, 3.05) is 26.8 Å². The van der Waals surface area contributed by atoms with Gasteiger partial charge in [0.15, 0.2) is 12.4 Å². The van der Waals surface area contributed by atoms with E-state index in [1.54, 1.807) is 18.2 Å². The van der Waals surface area contributed by atoms with Gasteiger partial charge in [-0.15, -0.1) is 0 Å². The van der Waals surface area contributed by atoms with Crippen molar-refractivity contribution in [1.29, 1.82) is 0 Å². The van der Waals surface area contributed by atoms with E-state index in [1.807, 2.05) is 19.1 Å². The topological polar surface area (TPSA) is 107 Å². The predicted molar refractivity (Wildman–Crippen MR) is 116 cm³/mol. The molecule has 0 atom stereocenters. The molecule has 0 bridgehead atoms. The van der Waals surface area contributed by atoms with E-state index in [0.29, 0.717) is 5.56 Å². The summed E-state index contributed by atoms with van der Waals surface area (Å²) >= 11 is 0. The number of benzene rings is 2. The largest absolute Gasteiger partial charge is 0.465 e. The van der Waals surface area contributed by atoms with Crippen LogP contribution in [0.25, 0.3) is 0 Å². The van der Waals surface area contributed by atoms with Gasteiger partial charge in [0.25, 0.3) is 0 Å². The zero-order valence-electron chi connectivity index (χ0n) is 17.9. The molecule has 8 nitrogen and oxygen atoms in total. The highest BCUT2D eigenvalue weighted by molar-refractivity contribution is 7.89. The molecule has 1 aliphatic heterocycles. The molecule has 32 heavy (non-hydrogen) atoms. The number of methoxy groups -OCH3 is 1. The Morgan fingerprint density at radius 2 is 1.62 bits per heavy atom. The highest BCUT2D eigenvalue weighted by Gasteiger charge is 2.35. The number of sulfonamides is 1.